The van der Waals surface area contributed by atoms with Gasteiger partial charge in [-0.3, -0.25) is 9.00 Å². The van der Waals surface area contributed by atoms with Crippen molar-refractivity contribution in [2.24, 2.45) is 5.92 Å². The zero-order chi connectivity index (χ0) is 12.2. The minimum Gasteiger partial charge on any atom is -0.355 e. The van der Waals surface area contributed by atoms with Gasteiger partial charge in [-0.1, -0.05) is 0 Å². The summed E-state index contributed by atoms with van der Waals surface area (Å²) in [6.07, 6.45) is 0.911. The second-order valence-electron chi connectivity index (χ2n) is 5.14. The second-order valence-corrected chi connectivity index (χ2v) is 7.47. The Hall–Kier alpha value is -0.420. The molecule has 1 heterocycles. The van der Waals surface area contributed by atoms with Gasteiger partial charge in [0.1, 0.15) is 0 Å². The lowest BCUT2D eigenvalue weighted by molar-refractivity contribution is -0.124. The molecule has 1 aliphatic rings. The monoisotopic (exact) mass is 246 g/mol. The molecular formula is C11H22N2O2S. The molecule has 0 aromatic carbocycles. The summed E-state index contributed by atoms with van der Waals surface area (Å²) in [4.78, 5) is 11.6. The highest BCUT2D eigenvalue weighted by Crippen LogP contribution is 2.11. The average Bonchev–Trinajstić information content (AvgIpc) is 2.68. The molecule has 16 heavy (non-hydrogen) atoms. The molecule has 1 rings (SSSR count). The van der Waals surface area contributed by atoms with Crippen LogP contribution in [0.15, 0.2) is 0 Å². The quantitative estimate of drug-likeness (QED) is 0.748. The molecule has 0 aromatic heterocycles. The molecule has 4 nitrogen and oxygen atoms in total. The van der Waals surface area contributed by atoms with Crippen molar-refractivity contribution in [3.63, 3.8) is 0 Å². The van der Waals surface area contributed by atoms with E-state index in [1.165, 1.54) is 0 Å². The zero-order valence-electron chi connectivity index (χ0n) is 10.3. The summed E-state index contributed by atoms with van der Waals surface area (Å²) >= 11 is 0. The molecule has 0 saturated carbocycles. The molecule has 1 aliphatic heterocycles. The van der Waals surface area contributed by atoms with Crippen molar-refractivity contribution in [3.8, 4) is 0 Å². The van der Waals surface area contributed by atoms with Crippen LogP contribution in [-0.2, 0) is 15.6 Å². The van der Waals surface area contributed by atoms with Crippen LogP contribution in [0.1, 0.15) is 27.2 Å². The van der Waals surface area contributed by atoms with E-state index >= 15 is 0 Å². The fourth-order valence-corrected chi connectivity index (χ4v) is 2.50. The van der Waals surface area contributed by atoms with Crippen LogP contribution in [-0.4, -0.2) is 40.3 Å². The van der Waals surface area contributed by atoms with E-state index in [0.717, 1.165) is 19.5 Å². The van der Waals surface area contributed by atoms with Crippen LogP contribution in [0.2, 0.25) is 0 Å². The molecule has 0 spiro atoms. The normalized spacial score (nSPS) is 23.1. The van der Waals surface area contributed by atoms with Gasteiger partial charge in [-0.2, -0.15) is 0 Å². The predicted octanol–water partition coefficient (Wildman–Crippen LogP) is 0.259. The minimum atomic E-state index is -0.886. The third-order valence-corrected chi connectivity index (χ3v) is 4.64. The Kier molecular flexibility index (Phi) is 4.92. The summed E-state index contributed by atoms with van der Waals surface area (Å²) in [7, 11) is -0.886. The van der Waals surface area contributed by atoms with Gasteiger partial charge in [0, 0.05) is 34.4 Å². The minimum absolute atomic E-state index is 0.0934. The summed E-state index contributed by atoms with van der Waals surface area (Å²) in [6, 6.07) is 0. The molecule has 0 bridgehead atoms. The SMILES string of the molecule is CC(C)(C)S(=O)CCNC(=O)C1CCNC1. The van der Waals surface area contributed by atoms with Gasteiger partial charge in [-0.25, -0.2) is 0 Å². The van der Waals surface area contributed by atoms with Crippen molar-refractivity contribution in [1.82, 2.24) is 10.6 Å². The van der Waals surface area contributed by atoms with E-state index in [2.05, 4.69) is 10.6 Å². The molecule has 1 fully saturated rings. The molecule has 0 radical (unpaired) electrons. The predicted molar refractivity (Wildman–Crippen MR) is 66.7 cm³/mol. The van der Waals surface area contributed by atoms with Crippen molar-refractivity contribution in [2.75, 3.05) is 25.4 Å². The molecular weight excluding hydrogens is 224 g/mol. The number of hydrogen-bond acceptors (Lipinski definition) is 3. The lowest BCUT2D eigenvalue weighted by atomic mass is 10.1. The van der Waals surface area contributed by atoms with Crippen LogP contribution >= 0.6 is 0 Å². The third kappa shape index (κ3) is 4.22. The first kappa shape index (κ1) is 13.6. The molecule has 0 aliphatic carbocycles. The van der Waals surface area contributed by atoms with Crippen molar-refractivity contribution < 1.29 is 9.00 Å². The molecule has 1 amide bonds. The highest BCUT2D eigenvalue weighted by molar-refractivity contribution is 7.86. The van der Waals surface area contributed by atoms with Gasteiger partial charge in [0.25, 0.3) is 0 Å². The molecule has 2 N–H and O–H groups in total. The topological polar surface area (TPSA) is 58.2 Å². The number of carbonyl (C=O) groups is 1. The van der Waals surface area contributed by atoms with E-state index in [1.807, 2.05) is 20.8 Å². The highest BCUT2D eigenvalue weighted by Gasteiger charge is 2.23. The Labute approximate surface area is 100 Å². The summed E-state index contributed by atoms with van der Waals surface area (Å²) in [5.41, 5.74) is 0. The molecule has 94 valence electrons. The van der Waals surface area contributed by atoms with E-state index < -0.39 is 10.8 Å². The number of hydrogen-bond donors (Lipinski definition) is 2. The maximum absolute atomic E-state index is 11.7. The fraction of sp³-hybridized carbons (Fsp3) is 0.909. The van der Waals surface area contributed by atoms with Crippen LogP contribution in [0.25, 0.3) is 0 Å². The lowest BCUT2D eigenvalue weighted by Crippen LogP contribution is -2.36. The molecule has 1 saturated heterocycles. The number of amides is 1. The van der Waals surface area contributed by atoms with E-state index in [9.17, 15) is 9.00 Å². The maximum atomic E-state index is 11.7. The Morgan fingerprint density at radius 1 is 1.50 bits per heavy atom. The first-order chi connectivity index (χ1) is 7.41. The van der Waals surface area contributed by atoms with Crippen molar-refractivity contribution in [2.45, 2.75) is 31.9 Å². The number of rotatable bonds is 4. The first-order valence-corrected chi connectivity index (χ1v) is 7.10. The van der Waals surface area contributed by atoms with Crippen LogP contribution in [0.5, 0.6) is 0 Å². The largest absolute Gasteiger partial charge is 0.355 e. The molecule has 2 unspecified atom stereocenters. The lowest BCUT2D eigenvalue weighted by Gasteiger charge is -2.18. The van der Waals surface area contributed by atoms with E-state index in [1.54, 1.807) is 0 Å². The standard InChI is InChI=1S/C11H22N2O2S/c1-11(2,3)16(15)7-6-13-10(14)9-4-5-12-8-9/h9,12H,4-8H2,1-3H3,(H,13,14). The number of carbonyl (C=O) groups excluding carboxylic acids is 1. The van der Waals surface area contributed by atoms with Gasteiger partial charge in [-0.05, 0) is 33.7 Å². The van der Waals surface area contributed by atoms with E-state index in [0.29, 0.717) is 12.3 Å². The van der Waals surface area contributed by atoms with Gasteiger partial charge in [0.2, 0.25) is 5.91 Å². The Morgan fingerprint density at radius 3 is 2.69 bits per heavy atom. The zero-order valence-corrected chi connectivity index (χ0v) is 11.2. The maximum Gasteiger partial charge on any atom is 0.224 e. The van der Waals surface area contributed by atoms with Gasteiger partial charge >= 0.3 is 0 Å². The smallest absolute Gasteiger partial charge is 0.224 e. The Bertz CT molecular complexity index is 268. The average molecular weight is 246 g/mol. The fourth-order valence-electron chi connectivity index (χ4n) is 1.60. The highest BCUT2D eigenvalue weighted by atomic mass is 32.2. The Balaban J connectivity index is 2.20. The summed E-state index contributed by atoms with van der Waals surface area (Å²) in [5.74, 6) is 0.731. The summed E-state index contributed by atoms with van der Waals surface area (Å²) in [6.45, 7) is 8.06. The number of nitrogens with one attached hydrogen (secondary N) is 2. The molecule has 5 heteroatoms. The van der Waals surface area contributed by atoms with Crippen LogP contribution in [0.3, 0.4) is 0 Å². The first-order valence-electron chi connectivity index (χ1n) is 5.78. The Morgan fingerprint density at radius 2 is 2.19 bits per heavy atom. The van der Waals surface area contributed by atoms with Crippen molar-refractivity contribution in [1.29, 1.82) is 0 Å². The van der Waals surface area contributed by atoms with E-state index in [4.69, 9.17) is 0 Å². The van der Waals surface area contributed by atoms with Crippen molar-refractivity contribution >= 4 is 16.7 Å². The van der Waals surface area contributed by atoms with Gasteiger partial charge in [0.15, 0.2) is 0 Å². The molecule has 0 aromatic rings. The van der Waals surface area contributed by atoms with Gasteiger partial charge < -0.3 is 10.6 Å². The van der Waals surface area contributed by atoms with E-state index in [-0.39, 0.29) is 16.6 Å². The third-order valence-electron chi connectivity index (χ3n) is 2.70. The van der Waals surface area contributed by atoms with Gasteiger partial charge in [-0.15, -0.1) is 0 Å². The van der Waals surface area contributed by atoms with Gasteiger partial charge in [0.05, 0.1) is 5.92 Å². The van der Waals surface area contributed by atoms with Crippen molar-refractivity contribution in [3.05, 3.63) is 0 Å². The summed E-state index contributed by atoms with van der Waals surface area (Å²) in [5, 5.41) is 6.01. The van der Waals surface area contributed by atoms with Crippen LogP contribution in [0.4, 0.5) is 0 Å². The molecule has 2 atom stereocenters. The van der Waals surface area contributed by atoms with Crippen LogP contribution in [0, 0.1) is 5.92 Å². The van der Waals surface area contributed by atoms with Crippen LogP contribution < -0.4 is 10.6 Å². The second kappa shape index (κ2) is 5.77. The summed E-state index contributed by atoms with van der Waals surface area (Å²) < 4.78 is 11.5.